The zero-order chi connectivity index (χ0) is 18.0. The van der Waals surface area contributed by atoms with Crippen LogP contribution in [0.3, 0.4) is 0 Å². The van der Waals surface area contributed by atoms with E-state index in [2.05, 4.69) is 29.5 Å². The molecule has 0 aliphatic heterocycles. The van der Waals surface area contributed by atoms with Gasteiger partial charge in [0, 0.05) is 29.2 Å². The number of amides is 1. The highest BCUT2D eigenvalue weighted by molar-refractivity contribution is 14.1. The third kappa shape index (κ3) is 5.32. The van der Waals surface area contributed by atoms with Gasteiger partial charge < -0.3 is 14.6 Å². The fourth-order valence-electron chi connectivity index (χ4n) is 2.85. The second kappa shape index (κ2) is 10.9. The Morgan fingerprint density at radius 1 is 1.25 bits per heavy atom. The highest BCUT2D eigenvalue weighted by Gasteiger charge is 2.43. The van der Waals surface area contributed by atoms with E-state index < -0.39 is 11.8 Å². The van der Waals surface area contributed by atoms with E-state index in [1.54, 1.807) is 7.11 Å². The molecule has 6 heteroatoms. The minimum absolute atomic E-state index is 0.0462. The first-order valence-corrected chi connectivity index (χ1v) is 9.49. The molecule has 0 saturated carbocycles. The molecule has 5 nitrogen and oxygen atoms in total. The molecule has 0 aromatic heterocycles. The van der Waals surface area contributed by atoms with Crippen LogP contribution in [0, 0.1) is 3.57 Å². The Morgan fingerprint density at radius 2 is 1.96 bits per heavy atom. The second-order valence-corrected chi connectivity index (χ2v) is 6.87. The number of nitrogens with zero attached hydrogens (tertiary/aromatic N) is 1. The Kier molecular flexibility index (Phi) is 9.61. The van der Waals surface area contributed by atoms with Crippen LogP contribution < -0.4 is 0 Å². The quantitative estimate of drug-likeness (QED) is 0.292. The van der Waals surface area contributed by atoms with Crippen molar-refractivity contribution in [2.24, 2.45) is 0 Å². The molecule has 1 amide bonds. The monoisotopic (exact) mass is 449 g/mol. The number of halogens is 1. The summed E-state index contributed by atoms with van der Waals surface area (Å²) in [4.78, 5) is 13.4. The summed E-state index contributed by atoms with van der Waals surface area (Å²) in [7, 11) is 1.55. The van der Waals surface area contributed by atoms with E-state index in [4.69, 9.17) is 9.47 Å². The normalized spacial score (nSPS) is 13.5. The summed E-state index contributed by atoms with van der Waals surface area (Å²) < 4.78 is 12.2. The molecule has 0 aliphatic rings. The van der Waals surface area contributed by atoms with E-state index in [9.17, 15) is 9.90 Å². The maximum absolute atomic E-state index is 12.0. The molecule has 1 atom stereocenters. The van der Waals surface area contributed by atoms with Crippen LogP contribution in [0.15, 0.2) is 24.3 Å². The molecule has 136 valence electrons. The number of methoxy groups -OCH3 is 1. The fraction of sp³-hybridized carbons (Fsp3) is 0.611. The standard InChI is InChI=1S/C18H28INO4/c1-4-6-9-12-18(24-14-23-3,20(13-5-2)17(21)22)15-10-7-8-11-16(15)19/h7-8,10-11H,4-6,9,12-14H2,1-3H3,(H,21,22)/t18-/m1/s1. The van der Waals surface area contributed by atoms with Gasteiger partial charge >= 0.3 is 6.09 Å². The van der Waals surface area contributed by atoms with Gasteiger partial charge in [-0.25, -0.2) is 4.79 Å². The van der Waals surface area contributed by atoms with E-state index >= 15 is 0 Å². The molecular formula is C18H28INO4. The van der Waals surface area contributed by atoms with E-state index in [1.807, 2.05) is 31.2 Å². The van der Waals surface area contributed by atoms with Gasteiger partial charge in [-0.1, -0.05) is 44.9 Å². The topological polar surface area (TPSA) is 59.0 Å². The molecule has 0 bridgehead atoms. The maximum atomic E-state index is 12.0. The first-order chi connectivity index (χ1) is 11.5. The van der Waals surface area contributed by atoms with Crippen LogP contribution in [0.4, 0.5) is 4.79 Å². The number of carbonyl (C=O) groups is 1. The van der Waals surface area contributed by atoms with Crippen LogP contribution >= 0.6 is 22.6 Å². The molecule has 0 unspecified atom stereocenters. The Morgan fingerprint density at radius 3 is 2.50 bits per heavy atom. The van der Waals surface area contributed by atoms with Crippen molar-refractivity contribution >= 4 is 28.7 Å². The highest BCUT2D eigenvalue weighted by Crippen LogP contribution is 2.38. The predicted molar refractivity (Wildman–Crippen MR) is 103 cm³/mol. The van der Waals surface area contributed by atoms with Crippen molar-refractivity contribution in [3.8, 4) is 0 Å². The van der Waals surface area contributed by atoms with Gasteiger partial charge in [0.05, 0.1) is 0 Å². The molecule has 1 rings (SSSR count). The van der Waals surface area contributed by atoms with Gasteiger partial charge in [0.1, 0.15) is 6.79 Å². The Bertz CT molecular complexity index is 512. The van der Waals surface area contributed by atoms with Crippen molar-refractivity contribution in [3.05, 3.63) is 33.4 Å². The summed E-state index contributed by atoms with van der Waals surface area (Å²) in [5.74, 6) is 0. The predicted octanol–water partition coefficient (Wildman–Crippen LogP) is 5.03. The van der Waals surface area contributed by atoms with Gasteiger partial charge in [-0.15, -0.1) is 0 Å². The Hall–Kier alpha value is -0.860. The lowest BCUT2D eigenvalue weighted by Gasteiger charge is -2.43. The van der Waals surface area contributed by atoms with Crippen molar-refractivity contribution in [2.75, 3.05) is 20.4 Å². The molecule has 0 aliphatic carbocycles. The number of benzene rings is 1. The summed E-state index contributed by atoms with van der Waals surface area (Å²) in [6.07, 6.45) is 3.34. The molecule has 1 aromatic carbocycles. The zero-order valence-electron chi connectivity index (χ0n) is 14.8. The third-order valence-electron chi connectivity index (χ3n) is 3.94. The zero-order valence-corrected chi connectivity index (χ0v) is 16.9. The van der Waals surface area contributed by atoms with Crippen molar-refractivity contribution in [2.45, 2.75) is 51.7 Å². The molecule has 1 N–H and O–H groups in total. The molecule has 24 heavy (non-hydrogen) atoms. The minimum Gasteiger partial charge on any atom is -0.465 e. The average Bonchev–Trinajstić information content (AvgIpc) is 2.57. The number of rotatable bonds is 11. The summed E-state index contributed by atoms with van der Waals surface area (Å²) >= 11 is 2.24. The van der Waals surface area contributed by atoms with Crippen LogP contribution in [0.5, 0.6) is 0 Å². The summed E-state index contributed by atoms with van der Waals surface area (Å²) in [6.45, 7) is 4.56. The van der Waals surface area contributed by atoms with Crippen LogP contribution in [0.2, 0.25) is 0 Å². The van der Waals surface area contributed by atoms with Crippen molar-refractivity contribution < 1.29 is 19.4 Å². The van der Waals surface area contributed by atoms with Gasteiger partial charge in [-0.05, 0) is 41.5 Å². The number of unbranched alkanes of at least 4 members (excludes halogenated alkanes) is 2. The third-order valence-corrected chi connectivity index (χ3v) is 4.88. The second-order valence-electron chi connectivity index (χ2n) is 5.71. The first kappa shape index (κ1) is 21.2. The van der Waals surface area contributed by atoms with Gasteiger partial charge in [0.25, 0.3) is 0 Å². The van der Waals surface area contributed by atoms with Crippen LogP contribution in [0.25, 0.3) is 0 Å². The van der Waals surface area contributed by atoms with E-state index in [0.717, 1.165) is 34.8 Å². The molecule has 0 heterocycles. The number of carboxylic acid groups (broad SMARTS) is 1. The van der Waals surface area contributed by atoms with Gasteiger partial charge in [0.15, 0.2) is 5.72 Å². The Balaban J connectivity index is 3.40. The van der Waals surface area contributed by atoms with Crippen LogP contribution in [-0.4, -0.2) is 36.5 Å². The maximum Gasteiger partial charge on any atom is 0.409 e. The van der Waals surface area contributed by atoms with Crippen molar-refractivity contribution in [1.82, 2.24) is 4.90 Å². The molecule has 0 fully saturated rings. The molecule has 1 aromatic rings. The molecular weight excluding hydrogens is 421 g/mol. The summed E-state index contributed by atoms with van der Waals surface area (Å²) in [5.41, 5.74) is -0.139. The average molecular weight is 449 g/mol. The SMILES string of the molecule is CCCCC[C@@](OCOC)(c1ccccc1I)N(CCC)C(=O)O. The molecule has 0 saturated heterocycles. The van der Waals surface area contributed by atoms with Gasteiger partial charge in [0.2, 0.25) is 0 Å². The molecule has 0 spiro atoms. The lowest BCUT2D eigenvalue weighted by Crippen LogP contribution is -2.52. The highest BCUT2D eigenvalue weighted by atomic mass is 127. The number of ether oxygens (including phenoxy) is 2. The lowest BCUT2D eigenvalue weighted by atomic mass is 9.94. The van der Waals surface area contributed by atoms with Gasteiger partial charge in [-0.2, -0.15) is 0 Å². The minimum atomic E-state index is -1.02. The summed E-state index contributed by atoms with van der Waals surface area (Å²) in [5, 5.41) is 9.85. The fourth-order valence-corrected chi connectivity index (χ4v) is 3.66. The molecule has 0 radical (unpaired) electrons. The number of hydrogen-bond acceptors (Lipinski definition) is 3. The van der Waals surface area contributed by atoms with Gasteiger partial charge in [-0.3, -0.25) is 4.90 Å². The largest absolute Gasteiger partial charge is 0.465 e. The van der Waals surface area contributed by atoms with Crippen molar-refractivity contribution in [3.63, 3.8) is 0 Å². The number of hydrogen-bond donors (Lipinski definition) is 1. The first-order valence-electron chi connectivity index (χ1n) is 8.41. The lowest BCUT2D eigenvalue weighted by molar-refractivity contribution is -0.205. The van der Waals surface area contributed by atoms with E-state index in [-0.39, 0.29) is 6.79 Å². The smallest absolute Gasteiger partial charge is 0.409 e. The van der Waals surface area contributed by atoms with Crippen LogP contribution in [-0.2, 0) is 15.2 Å². The summed E-state index contributed by atoms with van der Waals surface area (Å²) in [6, 6.07) is 7.80. The Labute approximate surface area is 158 Å². The van der Waals surface area contributed by atoms with E-state index in [1.165, 1.54) is 4.90 Å². The van der Waals surface area contributed by atoms with E-state index in [0.29, 0.717) is 13.0 Å². The van der Waals surface area contributed by atoms with Crippen LogP contribution in [0.1, 0.15) is 51.5 Å². The van der Waals surface area contributed by atoms with Crippen molar-refractivity contribution in [1.29, 1.82) is 0 Å².